The fourth-order valence-corrected chi connectivity index (χ4v) is 2.86. The monoisotopic (exact) mass is 446 g/mol. The van der Waals surface area contributed by atoms with Gasteiger partial charge in [0.25, 0.3) is 0 Å². The summed E-state index contributed by atoms with van der Waals surface area (Å²) in [6.07, 6.45) is 0.671. The molecule has 0 aliphatic heterocycles. The molecule has 2 aromatic rings. The van der Waals surface area contributed by atoms with Gasteiger partial charge in [-0.2, -0.15) is 5.10 Å². The number of ether oxygens (including phenoxy) is 3. The third-order valence-corrected chi connectivity index (χ3v) is 4.36. The van der Waals surface area contributed by atoms with Gasteiger partial charge in [0, 0.05) is 7.05 Å². The lowest BCUT2D eigenvalue weighted by Crippen LogP contribution is -2.42. The zero-order chi connectivity index (χ0) is 23.7. The summed E-state index contributed by atoms with van der Waals surface area (Å²) in [7, 11) is 2.95. The first-order valence-corrected chi connectivity index (χ1v) is 10.1. The van der Waals surface area contributed by atoms with Crippen LogP contribution in [0.2, 0.25) is 0 Å². The Bertz CT molecular complexity index is 920. The van der Waals surface area contributed by atoms with E-state index >= 15 is 0 Å². The van der Waals surface area contributed by atoms with E-state index in [1.54, 1.807) is 32.5 Å². The van der Waals surface area contributed by atoms with Gasteiger partial charge in [-0.05, 0) is 39.2 Å². The predicted molar refractivity (Wildman–Crippen MR) is 117 cm³/mol. The molecule has 10 nitrogen and oxygen atoms in total. The van der Waals surface area contributed by atoms with Gasteiger partial charge in [0.2, 0.25) is 0 Å². The minimum Gasteiger partial charge on any atom is -0.467 e. The van der Waals surface area contributed by atoms with Crippen molar-refractivity contribution >= 4 is 23.8 Å². The number of hydrogen-bond donors (Lipinski definition) is 2. The van der Waals surface area contributed by atoms with Crippen LogP contribution >= 0.6 is 0 Å². The number of aryl methyl sites for hydroxylation is 1. The molecule has 2 N–H and O–H groups in total. The topological polar surface area (TPSA) is 121 Å². The number of nitrogens with zero attached hydrogens (tertiary/aromatic N) is 2. The van der Waals surface area contributed by atoms with Crippen LogP contribution in [0.5, 0.6) is 0 Å². The molecule has 0 unspecified atom stereocenters. The van der Waals surface area contributed by atoms with Crippen molar-refractivity contribution in [2.45, 2.75) is 51.9 Å². The second-order valence-corrected chi connectivity index (χ2v) is 8.08. The average Bonchev–Trinajstić information content (AvgIpc) is 3.07. The number of amides is 2. The van der Waals surface area contributed by atoms with E-state index in [1.165, 1.54) is 13.3 Å². The number of rotatable bonds is 8. The Hall–Kier alpha value is -3.56. The molecule has 0 saturated heterocycles. The number of alkyl carbamates (subject to hydrolysis) is 1. The van der Waals surface area contributed by atoms with Crippen LogP contribution in [0.1, 0.15) is 38.4 Å². The molecule has 1 aromatic heterocycles. The number of anilines is 1. The van der Waals surface area contributed by atoms with Crippen LogP contribution < -0.4 is 10.6 Å². The van der Waals surface area contributed by atoms with Crippen molar-refractivity contribution in [2.75, 3.05) is 12.4 Å². The number of hydrogen-bond acceptors (Lipinski definition) is 7. The first-order chi connectivity index (χ1) is 15.1. The van der Waals surface area contributed by atoms with E-state index in [9.17, 15) is 14.4 Å². The van der Waals surface area contributed by atoms with Gasteiger partial charge in [-0.1, -0.05) is 30.3 Å². The highest BCUT2D eigenvalue weighted by atomic mass is 16.6. The zero-order valence-corrected chi connectivity index (χ0v) is 19.0. The molecule has 0 radical (unpaired) electrons. The summed E-state index contributed by atoms with van der Waals surface area (Å²) in [5.41, 5.74) is 1.29. The number of methoxy groups -OCH3 is 1. The quantitative estimate of drug-likeness (QED) is 0.472. The third-order valence-electron chi connectivity index (χ3n) is 4.36. The van der Waals surface area contributed by atoms with Crippen molar-refractivity contribution in [3.63, 3.8) is 0 Å². The van der Waals surface area contributed by atoms with E-state index in [-0.39, 0.29) is 13.0 Å². The largest absolute Gasteiger partial charge is 0.467 e. The summed E-state index contributed by atoms with van der Waals surface area (Å²) in [4.78, 5) is 36.5. The summed E-state index contributed by atoms with van der Waals surface area (Å²) in [6.45, 7) is 5.37. The molecule has 174 valence electrons. The standard InChI is InChI=1S/C22H30N4O6/c1-22(2,3)32-21(29)25-17-13-23-26(4)18(17)12-11-16(19(27)30-5)24-20(28)31-14-15-9-7-6-8-10-15/h6-10,13,16H,11-12,14H2,1-5H3,(H,24,28)(H,25,29)/t16-/m0/s1. The molecule has 32 heavy (non-hydrogen) atoms. The normalized spacial score (nSPS) is 11.9. The summed E-state index contributed by atoms with van der Waals surface area (Å²) < 4.78 is 16.8. The van der Waals surface area contributed by atoms with E-state index in [1.807, 2.05) is 30.3 Å². The molecule has 1 aromatic carbocycles. The Morgan fingerprint density at radius 2 is 1.81 bits per heavy atom. The summed E-state index contributed by atoms with van der Waals surface area (Å²) in [5, 5.41) is 9.35. The number of benzene rings is 1. The van der Waals surface area contributed by atoms with Gasteiger partial charge in [-0.3, -0.25) is 10.00 Å². The molecule has 2 amide bonds. The molecule has 2 rings (SSSR count). The van der Waals surface area contributed by atoms with E-state index < -0.39 is 29.8 Å². The SMILES string of the molecule is COC(=O)[C@H](CCc1c(NC(=O)OC(C)(C)C)cnn1C)NC(=O)OCc1ccccc1. The Kier molecular flexibility index (Phi) is 8.62. The maximum absolute atomic E-state index is 12.2. The van der Waals surface area contributed by atoms with Crippen LogP contribution in [0, 0.1) is 0 Å². The molecule has 1 heterocycles. The van der Waals surface area contributed by atoms with Gasteiger partial charge in [-0.15, -0.1) is 0 Å². The summed E-state index contributed by atoms with van der Waals surface area (Å²) >= 11 is 0. The van der Waals surface area contributed by atoms with Gasteiger partial charge in [-0.25, -0.2) is 14.4 Å². The summed E-state index contributed by atoms with van der Waals surface area (Å²) in [5.74, 6) is -0.606. The van der Waals surface area contributed by atoms with Gasteiger partial charge < -0.3 is 19.5 Å². The van der Waals surface area contributed by atoms with E-state index in [0.717, 1.165) is 5.56 Å². The average molecular weight is 447 g/mol. The van der Waals surface area contributed by atoms with Crippen LogP contribution in [-0.4, -0.2) is 46.7 Å². The maximum atomic E-state index is 12.2. The molecule has 0 aliphatic rings. The van der Waals surface area contributed by atoms with Crippen molar-refractivity contribution in [3.8, 4) is 0 Å². The number of carbonyl (C=O) groups is 3. The van der Waals surface area contributed by atoms with Crippen LogP contribution in [-0.2, 0) is 39.1 Å². The van der Waals surface area contributed by atoms with E-state index in [0.29, 0.717) is 17.8 Å². The van der Waals surface area contributed by atoms with Crippen LogP contribution in [0.15, 0.2) is 36.5 Å². The Morgan fingerprint density at radius 1 is 1.12 bits per heavy atom. The summed E-state index contributed by atoms with van der Waals surface area (Å²) in [6, 6.07) is 8.25. The van der Waals surface area contributed by atoms with Gasteiger partial charge in [0.05, 0.1) is 24.7 Å². The van der Waals surface area contributed by atoms with Gasteiger partial charge in [0.15, 0.2) is 0 Å². The Labute approximate surface area is 187 Å². The van der Waals surface area contributed by atoms with Crippen molar-refractivity contribution in [3.05, 3.63) is 47.8 Å². The molecule has 1 atom stereocenters. The molecule has 0 fully saturated rings. The second kappa shape index (κ2) is 11.2. The van der Waals surface area contributed by atoms with Crippen molar-refractivity contribution in [2.24, 2.45) is 7.05 Å². The molecule has 0 saturated carbocycles. The molecule has 0 spiro atoms. The van der Waals surface area contributed by atoms with Crippen molar-refractivity contribution in [1.29, 1.82) is 0 Å². The maximum Gasteiger partial charge on any atom is 0.412 e. The molecular weight excluding hydrogens is 416 g/mol. The lowest BCUT2D eigenvalue weighted by Gasteiger charge is -2.20. The Balaban J connectivity index is 1.98. The van der Waals surface area contributed by atoms with Crippen LogP contribution in [0.25, 0.3) is 0 Å². The first-order valence-electron chi connectivity index (χ1n) is 10.1. The highest BCUT2D eigenvalue weighted by molar-refractivity contribution is 5.85. The molecule has 0 aliphatic carbocycles. The molecule has 0 bridgehead atoms. The smallest absolute Gasteiger partial charge is 0.412 e. The first kappa shape index (κ1) is 24.7. The molecular formula is C22H30N4O6. The van der Waals surface area contributed by atoms with E-state index in [4.69, 9.17) is 14.2 Å². The number of esters is 1. The number of carbonyl (C=O) groups excluding carboxylic acids is 3. The number of aromatic nitrogens is 2. The third kappa shape index (κ3) is 7.93. The highest BCUT2D eigenvalue weighted by Gasteiger charge is 2.24. The van der Waals surface area contributed by atoms with Crippen molar-refractivity contribution in [1.82, 2.24) is 15.1 Å². The van der Waals surface area contributed by atoms with Crippen LogP contribution in [0.3, 0.4) is 0 Å². The highest BCUT2D eigenvalue weighted by Crippen LogP contribution is 2.19. The minimum atomic E-state index is -0.937. The predicted octanol–water partition coefficient (Wildman–Crippen LogP) is 3.17. The lowest BCUT2D eigenvalue weighted by atomic mass is 10.1. The Morgan fingerprint density at radius 3 is 2.44 bits per heavy atom. The second-order valence-electron chi connectivity index (χ2n) is 8.08. The molecule has 10 heteroatoms. The van der Waals surface area contributed by atoms with Gasteiger partial charge in [0.1, 0.15) is 18.2 Å². The number of nitrogens with one attached hydrogen (secondary N) is 2. The van der Waals surface area contributed by atoms with Crippen LogP contribution in [0.4, 0.5) is 15.3 Å². The van der Waals surface area contributed by atoms with Gasteiger partial charge >= 0.3 is 18.2 Å². The fourth-order valence-electron chi connectivity index (χ4n) is 2.86. The van der Waals surface area contributed by atoms with E-state index in [2.05, 4.69) is 15.7 Å². The zero-order valence-electron chi connectivity index (χ0n) is 19.0. The minimum absolute atomic E-state index is 0.0756. The van der Waals surface area contributed by atoms with Crippen molar-refractivity contribution < 1.29 is 28.6 Å². The fraction of sp³-hybridized carbons (Fsp3) is 0.455. The lowest BCUT2D eigenvalue weighted by molar-refractivity contribution is -0.143.